The normalized spacial score (nSPS) is 9.65. The maximum Gasteiger partial charge on any atom is 0.223 e. The van der Waals surface area contributed by atoms with Crippen LogP contribution in [0.25, 0.3) is 0 Å². The first-order chi connectivity index (χ1) is 9.67. The van der Waals surface area contributed by atoms with Crippen LogP contribution in [0.2, 0.25) is 5.02 Å². The van der Waals surface area contributed by atoms with Crippen molar-refractivity contribution in [2.45, 2.75) is 20.3 Å². The number of rotatable bonds is 6. The Morgan fingerprint density at radius 3 is 2.60 bits per heavy atom. The van der Waals surface area contributed by atoms with E-state index in [1.54, 1.807) is 44.5 Å². The van der Waals surface area contributed by atoms with E-state index in [4.69, 9.17) is 21.1 Å². The van der Waals surface area contributed by atoms with Crippen LogP contribution in [0.1, 0.15) is 20.3 Å². The molecule has 0 bridgehead atoms. The number of halogens is 1. The molecule has 0 atom stereocenters. The quantitative estimate of drug-likeness (QED) is 0.819. The Bertz CT molecular complexity index is 433. The van der Waals surface area contributed by atoms with Crippen molar-refractivity contribution in [2.24, 2.45) is 0 Å². The number of amides is 1. The first-order valence-corrected chi connectivity index (χ1v) is 6.87. The molecule has 0 radical (unpaired) electrons. The van der Waals surface area contributed by atoms with Crippen molar-refractivity contribution >= 4 is 17.5 Å². The molecule has 0 aliphatic carbocycles. The Hall–Kier alpha value is -1.68. The zero-order chi connectivity index (χ0) is 15.4. The number of methoxy groups -OCH3 is 1. The highest BCUT2D eigenvalue weighted by atomic mass is 35.5. The number of nitrogens with one attached hydrogen (secondary N) is 1. The molecule has 0 aliphatic heterocycles. The highest BCUT2D eigenvalue weighted by molar-refractivity contribution is 6.30. The van der Waals surface area contributed by atoms with E-state index in [1.807, 2.05) is 13.8 Å². The van der Waals surface area contributed by atoms with Crippen LogP contribution < -0.4 is 14.8 Å². The van der Waals surface area contributed by atoms with Gasteiger partial charge >= 0.3 is 0 Å². The third-order valence-electron chi connectivity index (χ3n) is 2.21. The van der Waals surface area contributed by atoms with Gasteiger partial charge < -0.3 is 14.8 Å². The van der Waals surface area contributed by atoms with E-state index in [0.29, 0.717) is 29.5 Å². The van der Waals surface area contributed by atoms with E-state index in [9.17, 15) is 4.79 Å². The van der Waals surface area contributed by atoms with E-state index >= 15 is 0 Å². The summed E-state index contributed by atoms with van der Waals surface area (Å²) in [5.74, 6) is 1.17. The van der Waals surface area contributed by atoms with Crippen LogP contribution in [0.15, 0.2) is 30.4 Å². The Morgan fingerprint density at radius 1 is 1.30 bits per heavy atom. The molecule has 0 saturated heterocycles. The monoisotopic (exact) mass is 299 g/mol. The lowest BCUT2D eigenvalue weighted by Crippen LogP contribution is -2.16. The van der Waals surface area contributed by atoms with E-state index in [0.717, 1.165) is 0 Å². The Kier molecular flexibility index (Phi) is 10.2. The molecule has 5 heteroatoms. The Morgan fingerprint density at radius 2 is 2.00 bits per heavy atom. The summed E-state index contributed by atoms with van der Waals surface area (Å²) >= 11 is 5.84. The zero-order valence-electron chi connectivity index (χ0n) is 12.4. The molecule has 0 spiro atoms. The van der Waals surface area contributed by atoms with E-state index in [-0.39, 0.29) is 5.91 Å². The zero-order valence-corrected chi connectivity index (χ0v) is 13.2. The van der Waals surface area contributed by atoms with Crippen molar-refractivity contribution < 1.29 is 14.3 Å². The van der Waals surface area contributed by atoms with E-state index in [2.05, 4.69) is 5.32 Å². The molecule has 0 heterocycles. The largest absolute Gasteiger partial charge is 0.493 e. The minimum Gasteiger partial charge on any atom is -0.493 e. The molecular weight excluding hydrogens is 278 g/mol. The topological polar surface area (TPSA) is 47.6 Å². The summed E-state index contributed by atoms with van der Waals surface area (Å²) in [4.78, 5) is 10.9. The summed E-state index contributed by atoms with van der Waals surface area (Å²) in [7, 11) is 3.16. The highest BCUT2D eigenvalue weighted by Crippen LogP contribution is 2.29. The molecule has 1 aromatic rings. The minimum absolute atomic E-state index is 0.0321. The maximum atomic E-state index is 10.9. The van der Waals surface area contributed by atoms with Crippen LogP contribution in [-0.2, 0) is 4.79 Å². The van der Waals surface area contributed by atoms with Gasteiger partial charge in [0.05, 0.1) is 7.11 Å². The summed E-state index contributed by atoms with van der Waals surface area (Å²) < 4.78 is 10.6. The molecule has 1 N–H and O–H groups in total. The summed E-state index contributed by atoms with van der Waals surface area (Å²) in [6, 6.07) is 5.16. The van der Waals surface area contributed by atoms with Gasteiger partial charge in [0.1, 0.15) is 6.61 Å². The molecule has 1 aromatic carbocycles. The standard InChI is InChI=1S/C13H16ClNO3.C2H6/c1-15-13(16)5-3-4-8-18-11-7-6-10(14)9-12(11)17-2;1-2/h3-4,6-7,9H,5,8H2,1-2H3,(H,15,16);1-2H3/b4-3+;. The van der Waals surface area contributed by atoms with E-state index in [1.165, 1.54) is 0 Å². The molecule has 0 fully saturated rings. The Balaban J connectivity index is 0.00000172. The lowest BCUT2D eigenvalue weighted by atomic mass is 10.3. The summed E-state index contributed by atoms with van der Waals surface area (Å²) in [5, 5.41) is 3.12. The molecule has 20 heavy (non-hydrogen) atoms. The summed E-state index contributed by atoms with van der Waals surface area (Å²) in [6.07, 6.45) is 3.88. The first kappa shape index (κ1) is 18.3. The average molecular weight is 300 g/mol. The van der Waals surface area contributed by atoms with Gasteiger partial charge in [-0.2, -0.15) is 0 Å². The summed E-state index contributed by atoms with van der Waals surface area (Å²) in [6.45, 7) is 4.37. The van der Waals surface area contributed by atoms with Crippen LogP contribution in [0.4, 0.5) is 0 Å². The van der Waals surface area contributed by atoms with Gasteiger partial charge in [0, 0.05) is 24.6 Å². The lowest BCUT2D eigenvalue weighted by molar-refractivity contribution is -0.119. The van der Waals surface area contributed by atoms with Gasteiger partial charge in [-0.05, 0) is 12.1 Å². The molecule has 0 saturated carbocycles. The molecule has 4 nitrogen and oxygen atoms in total. The van der Waals surface area contributed by atoms with Crippen molar-refractivity contribution in [1.82, 2.24) is 5.32 Å². The number of carbonyl (C=O) groups excluding carboxylic acids is 1. The van der Waals surface area contributed by atoms with Gasteiger partial charge in [-0.15, -0.1) is 0 Å². The van der Waals surface area contributed by atoms with Crippen LogP contribution >= 0.6 is 11.6 Å². The molecular formula is C15H22ClNO3. The van der Waals surface area contributed by atoms with Crippen molar-refractivity contribution in [3.05, 3.63) is 35.4 Å². The number of hydrogen-bond donors (Lipinski definition) is 1. The van der Waals surface area contributed by atoms with Crippen molar-refractivity contribution in [3.8, 4) is 11.5 Å². The van der Waals surface area contributed by atoms with Crippen molar-refractivity contribution in [1.29, 1.82) is 0 Å². The van der Waals surface area contributed by atoms with Crippen LogP contribution in [0, 0.1) is 0 Å². The number of benzene rings is 1. The number of hydrogen-bond acceptors (Lipinski definition) is 3. The van der Waals surface area contributed by atoms with Gasteiger partial charge in [-0.3, -0.25) is 4.79 Å². The summed E-state index contributed by atoms with van der Waals surface area (Å²) in [5.41, 5.74) is 0. The second kappa shape index (κ2) is 11.2. The highest BCUT2D eigenvalue weighted by Gasteiger charge is 2.03. The fourth-order valence-electron chi connectivity index (χ4n) is 1.26. The maximum absolute atomic E-state index is 10.9. The van der Waals surface area contributed by atoms with Crippen LogP contribution in [0.3, 0.4) is 0 Å². The second-order valence-electron chi connectivity index (χ2n) is 3.45. The van der Waals surface area contributed by atoms with Crippen molar-refractivity contribution in [3.63, 3.8) is 0 Å². The fraction of sp³-hybridized carbons (Fsp3) is 0.400. The molecule has 112 valence electrons. The van der Waals surface area contributed by atoms with Gasteiger partial charge in [0.15, 0.2) is 11.5 Å². The van der Waals surface area contributed by atoms with Crippen LogP contribution in [-0.4, -0.2) is 26.7 Å². The minimum atomic E-state index is -0.0321. The average Bonchev–Trinajstić information content (AvgIpc) is 2.49. The third kappa shape index (κ3) is 7.04. The van der Waals surface area contributed by atoms with Gasteiger partial charge in [-0.25, -0.2) is 0 Å². The van der Waals surface area contributed by atoms with E-state index < -0.39 is 0 Å². The van der Waals surface area contributed by atoms with Gasteiger partial charge in [-0.1, -0.05) is 37.6 Å². The predicted molar refractivity (Wildman–Crippen MR) is 82.7 cm³/mol. The molecule has 0 aliphatic rings. The van der Waals surface area contributed by atoms with Crippen molar-refractivity contribution in [2.75, 3.05) is 20.8 Å². The number of ether oxygens (including phenoxy) is 2. The van der Waals surface area contributed by atoms with Gasteiger partial charge in [0.2, 0.25) is 5.91 Å². The molecule has 0 aromatic heterocycles. The SMILES string of the molecule is CC.CNC(=O)C/C=C/COc1ccc(Cl)cc1OC. The van der Waals surface area contributed by atoms with Crippen LogP contribution in [0.5, 0.6) is 11.5 Å². The fourth-order valence-corrected chi connectivity index (χ4v) is 1.42. The Labute approximate surface area is 125 Å². The predicted octanol–water partition coefficient (Wildman–Crippen LogP) is 3.45. The van der Waals surface area contributed by atoms with Gasteiger partial charge in [0.25, 0.3) is 0 Å². The second-order valence-corrected chi connectivity index (χ2v) is 3.89. The lowest BCUT2D eigenvalue weighted by Gasteiger charge is -2.09. The smallest absolute Gasteiger partial charge is 0.223 e. The molecule has 0 unspecified atom stereocenters. The third-order valence-corrected chi connectivity index (χ3v) is 2.44. The number of carbonyl (C=O) groups is 1. The molecule has 1 rings (SSSR count). The molecule has 1 amide bonds. The first-order valence-electron chi connectivity index (χ1n) is 6.49.